The van der Waals surface area contributed by atoms with Crippen molar-refractivity contribution in [2.75, 3.05) is 10.6 Å². The maximum atomic E-state index is 13.5. The molecule has 0 unspecified atom stereocenters. The Balaban J connectivity index is 1.51. The number of aromatic nitrogens is 3. The summed E-state index contributed by atoms with van der Waals surface area (Å²) in [5.74, 6) is 0.0721. The molecule has 0 spiro atoms. The summed E-state index contributed by atoms with van der Waals surface area (Å²) in [4.78, 5) is 17.0. The van der Waals surface area contributed by atoms with Crippen LogP contribution in [0.4, 0.5) is 16.3 Å². The minimum absolute atomic E-state index is 0.186. The van der Waals surface area contributed by atoms with Crippen LogP contribution in [0.2, 0.25) is 0 Å². The monoisotopic (exact) mass is 411 g/mol. The molecule has 0 bridgehead atoms. The number of halogens is 1. The van der Waals surface area contributed by atoms with E-state index < -0.39 is 0 Å². The van der Waals surface area contributed by atoms with Gasteiger partial charge < -0.3 is 5.32 Å². The number of nitrogens with one attached hydrogen (secondary N) is 2. The second kappa shape index (κ2) is 7.87. The lowest BCUT2D eigenvalue weighted by Crippen LogP contribution is -2.20. The summed E-state index contributed by atoms with van der Waals surface area (Å²) in [6, 6.07) is 24.7. The number of carbonyl (C=O) groups is 1. The fourth-order valence-corrected chi connectivity index (χ4v) is 3.49. The average Bonchev–Trinajstić information content (AvgIpc) is 3.22. The molecule has 1 amide bonds. The molecule has 1 atom stereocenters. The van der Waals surface area contributed by atoms with Crippen molar-refractivity contribution in [1.82, 2.24) is 14.8 Å². The molecular weight excluding hydrogens is 393 g/mol. The Hall–Kier alpha value is -4.26. The van der Waals surface area contributed by atoms with Gasteiger partial charge in [-0.2, -0.15) is 4.98 Å². The van der Waals surface area contributed by atoms with Crippen LogP contribution in [0.5, 0.6) is 0 Å². The molecule has 0 aliphatic carbocycles. The van der Waals surface area contributed by atoms with E-state index in [-0.39, 0.29) is 23.7 Å². The fraction of sp³-hybridized carbons (Fsp3) is 0.0417. The Bertz CT molecular complexity index is 1250. The Labute approximate surface area is 178 Å². The summed E-state index contributed by atoms with van der Waals surface area (Å²) in [5.41, 5.74) is 3.21. The zero-order chi connectivity index (χ0) is 21.2. The van der Waals surface area contributed by atoms with Crippen molar-refractivity contribution in [1.29, 1.82) is 0 Å². The summed E-state index contributed by atoms with van der Waals surface area (Å²) < 4.78 is 15.2. The molecule has 1 aliphatic rings. The van der Waals surface area contributed by atoms with E-state index in [0.29, 0.717) is 11.5 Å². The molecule has 0 radical (unpaired) electrons. The molecule has 7 heteroatoms. The standard InChI is InChI=1S/C24H18FN5O/c25-19-13-11-17(12-14-19)21-15-20(16-7-3-1-4-8-16)26-24-28-23(29-30(21)24)27-22(31)18-9-5-2-6-10-18/h1-15,21H,(H2,26,27,28,29,31)/t21-/m0/s1. The third kappa shape index (κ3) is 3.81. The Kier molecular flexibility index (Phi) is 4.76. The summed E-state index contributed by atoms with van der Waals surface area (Å²) in [6.07, 6.45) is 2.01. The summed E-state index contributed by atoms with van der Waals surface area (Å²) >= 11 is 0. The van der Waals surface area contributed by atoms with Gasteiger partial charge in [0.25, 0.3) is 11.9 Å². The van der Waals surface area contributed by atoms with Crippen LogP contribution in [0.3, 0.4) is 0 Å². The van der Waals surface area contributed by atoms with Gasteiger partial charge in [0.15, 0.2) is 0 Å². The Morgan fingerprint density at radius 2 is 1.61 bits per heavy atom. The molecule has 6 nitrogen and oxygen atoms in total. The predicted molar refractivity (Wildman–Crippen MR) is 117 cm³/mol. The smallest absolute Gasteiger partial charge is 0.258 e. The highest BCUT2D eigenvalue weighted by Gasteiger charge is 2.26. The number of carbonyl (C=O) groups excluding carboxylic acids is 1. The Morgan fingerprint density at radius 1 is 0.935 bits per heavy atom. The minimum atomic E-state index is -0.318. The normalized spacial score (nSPS) is 14.9. The van der Waals surface area contributed by atoms with E-state index in [2.05, 4.69) is 20.7 Å². The average molecular weight is 411 g/mol. The summed E-state index contributed by atoms with van der Waals surface area (Å²) in [6.45, 7) is 0. The van der Waals surface area contributed by atoms with Gasteiger partial charge in [0, 0.05) is 11.3 Å². The number of nitrogens with zero attached hydrogens (tertiary/aromatic N) is 3. The minimum Gasteiger partial charge on any atom is -0.324 e. The van der Waals surface area contributed by atoms with Crippen molar-refractivity contribution in [3.05, 3.63) is 114 Å². The van der Waals surface area contributed by atoms with Gasteiger partial charge in [0.2, 0.25) is 5.95 Å². The number of rotatable bonds is 4. The number of hydrogen-bond donors (Lipinski definition) is 2. The lowest BCUT2D eigenvalue weighted by atomic mass is 10.0. The van der Waals surface area contributed by atoms with Crippen LogP contribution in [-0.2, 0) is 0 Å². The number of benzene rings is 3. The van der Waals surface area contributed by atoms with Crippen LogP contribution in [-0.4, -0.2) is 20.7 Å². The van der Waals surface area contributed by atoms with Crippen molar-refractivity contribution in [3.63, 3.8) is 0 Å². The topological polar surface area (TPSA) is 71.8 Å². The van der Waals surface area contributed by atoms with E-state index >= 15 is 0 Å². The van der Waals surface area contributed by atoms with Gasteiger partial charge in [0.1, 0.15) is 11.9 Å². The van der Waals surface area contributed by atoms with Crippen molar-refractivity contribution in [2.45, 2.75) is 6.04 Å². The van der Waals surface area contributed by atoms with Crippen LogP contribution in [0.15, 0.2) is 91.0 Å². The molecule has 5 rings (SSSR count). The first-order valence-electron chi connectivity index (χ1n) is 9.80. The first-order chi connectivity index (χ1) is 15.2. The number of allylic oxidation sites excluding steroid dienone is 1. The van der Waals surface area contributed by atoms with E-state index in [1.165, 1.54) is 12.1 Å². The lowest BCUT2D eigenvalue weighted by molar-refractivity contribution is 0.102. The molecule has 4 aromatic rings. The largest absolute Gasteiger partial charge is 0.324 e. The van der Waals surface area contributed by atoms with Gasteiger partial charge in [-0.3, -0.25) is 10.1 Å². The van der Waals surface area contributed by atoms with Gasteiger partial charge in [-0.15, -0.1) is 5.10 Å². The molecule has 2 N–H and O–H groups in total. The molecule has 0 fully saturated rings. The second-order valence-corrected chi connectivity index (χ2v) is 7.09. The van der Waals surface area contributed by atoms with Crippen molar-refractivity contribution in [2.24, 2.45) is 0 Å². The number of fused-ring (bicyclic) bond motifs is 1. The molecule has 0 saturated heterocycles. The Morgan fingerprint density at radius 3 is 2.32 bits per heavy atom. The number of amides is 1. The van der Waals surface area contributed by atoms with Crippen molar-refractivity contribution in [3.8, 4) is 0 Å². The maximum absolute atomic E-state index is 13.5. The van der Waals surface area contributed by atoms with Crippen molar-refractivity contribution < 1.29 is 9.18 Å². The van der Waals surface area contributed by atoms with Crippen LogP contribution in [0, 0.1) is 5.82 Å². The zero-order valence-corrected chi connectivity index (χ0v) is 16.4. The van der Waals surface area contributed by atoms with Gasteiger partial charge in [0.05, 0.1) is 0 Å². The molecule has 152 valence electrons. The van der Waals surface area contributed by atoms with Crippen LogP contribution >= 0.6 is 0 Å². The van der Waals surface area contributed by atoms with Crippen LogP contribution < -0.4 is 10.6 Å². The number of anilines is 2. The summed E-state index contributed by atoms with van der Waals surface area (Å²) in [7, 11) is 0. The van der Waals surface area contributed by atoms with E-state index in [1.807, 2.05) is 42.5 Å². The molecule has 3 aromatic carbocycles. The summed E-state index contributed by atoms with van der Waals surface area (Å²) in [5, 5.41) is 10.5. The first kappa shape index (κ1) is 18.7. The molecular formula is C24H18FN5O. The van der Waals surface area contributed by atoms with Crippen LogP contribution in [0.25, 0.3) is 5.70 Å². The van der Waals surface area contributed by atoms with E-state index in [9.17, 15) is 9.18 Å². The third-order valence-corrected chi connectivity index (χ3v) is 5.02. The van der Waals surface area contributed by atoms with E-state index in [4.69, 9.17) is 0 Å². The lowest BCUT2D eigenvalue weighted by Gasteiger charge is -2.24. The van der Waals surface area contributed by atoms with Gasteiger partial charge in [-0.25, -0.2) is 9.07 Å². The molecule has 0 saturated carbocycles. The highest BCUT2D eigenvalue weighted by molar-refractivity contribution is 6.03. The molecule has 31 heavy (non-hydrogen) atoms. The van der Waals surface area contributed by atoms with E-state index in [0.717, 1.165) is 16.8 Å². The van der Waals surface area contributed by atoms with E-state index in [1.54, 1.807) is 41.1 Å². The highest BCUT2D eigenvalue weighted by Crippen LogP contribution is 2.33. The van der Waals surface area contributed by atoms with Crippen molar-refractivity contribution >= 4 is 23.5 Å². The predicted octanol–water partition coefficient (Wildman–Crippen LogP) is 4.73. The van der Waals surface area contributed by atoms with Crippen LogP contribution in [0.1, 0.15) is 27.5 Å². The molecule has 2 heterocycles. The zero-order valence-electron chi connectivity index (χ0n) is 16.4. The third-order valence-electron chi connectivity index (χ3n) is 5.02. The molecule has 1 aromatic heterocycles. The van der Waals surface area contributed by atoms with Gasteiger partial charge in [-0.1, -0.05) is 60.7 Å². The van der Waals surface area contributed by atoms with Gasteiger partial charge in [-0.05, 0) is 41.5 Å². The maximum Gasteiger partial charge on any atom is 0.258 e. The highest BCUT2D eigenvalue weighted by atomic mass is 19.1. The first-order valence-corrected chi connectivity index (χ1v) is 9.80. The number of hydrogen-bond acceptors (Lipinski definition) is 4. The second-order valence-electron chi connectivity index (χ2n) is 7.09. The fourth-order valence-electron chi connectivity index (χ4n) is 3.49. The quantitative estimate of drug-likeness (QED) is 0.510. The molecule has 1 aliphatic heterocycles. The van der Waals surface area contributed by atoms with Gasteiger partial charge >= 0.3 is 0 Å². The SMILES string of the molecule is O=C(Nc1nc2n(n1)[C@H](c1ccc(F)cc1)C=C(c1ccccc1)N2)c1ccccc1.